The smallest absolute Gasteiger partial charge is 0.306 e. The monoisotopic (exact) mass is 351 g/mol. The van der Waals surface area contributed by atoms with Crippen LogP contribution >= 0.6 is 31.9 Å². The summed E-state index contributed by atoms with van der Waals surface area (Å²) in [6, 6.07) is 5.66. The van der Waals surface area contributed by atoms with Crippen LogP contribution in [0.15, 0.2) is 24.3 Å². The molecule has 1 rings (SSSR count). The van der Waals surface area contributed by atoms with Crippen molar-refractivity contribution < 1.29 is 14.8 Å². The molecule has 0 aliphatic carbocycles. The van der Waals surface area contributed by atoms with Crippen molar-refractivity contribution in [3.63, 3.8) is 0 Å². The number of alkyl halides is 2. The van der Waals surface area contributed by atoms with Crippen LogP contribution in [0.4, 0.5) is 5.69 Å². The number of carboxylic acids is 1. The maximum Gasteiger partial charge on any atom is 0.306 e. The van der Waals surface area contributed by atoms with E-state index in [0.29, 0.717) is 5.56 Å². The zero-order chi connectivity index (χ0) is 12.3. The van der Waals surface area contributed by atoms with Crippen molar-refractivity contribution in [3.8, 4) is 0 Å². The Morgan fingerprint density at radius 3 is 2.25 bits per heavy atom. The van der Waals surface area contributed by atoms with E-state index in [4.69, 9.17) is 5.11 Å². The number of hydrogen-bond acceptors (Lipinski definition) is 3. The highest BCUT2D eigenvalue weighted by molar-refractivity contribution is 9.24. The first-order chi connectivity index (χ1) is 7.33. The summed E-state index contributed by atoms with van der Waals surface area (Å²) in [6.45, 7) is 0. The van der Waals surface area contributed by atoms with Gasteiger partial charge in [-0.3, -0.25) is 14.9 Å². The molecule has 0 amide bonds. The highest BCUT2D eigenvalue weighted by atomic mass is 79.9. The van der Waals surface area contributed by atoms with Gasteiger partial charge in [-0.1, -0.05) is 31.9 Å². The number of hydrogen-bond donors (Lipinski definition) is 1. The lowest BCUT2D eigenvalue weighted by atomic mass is 10.1. The van der Waals surface area contributed by atoms with Gasteiger partial charge < -0.3 is 5.11 Å². The van der Waals surface area contributed by atoms with E-state index in [9.17, 15) is 14.9 Å². The van der Waals surface area contributed by atoms with E-state index < -0.39 is 14.1 Å². The predicted octanol–water partition coefficient (Wildman–Crippen LogP) is 3.01. The minimum atomic E-state index is -0.980. The Morgan fingerprint density at radius 1 is 1.38 bits per heavy atom. The molecule has 0 atom stereocenters. The van der Waals surface area contributed by atoms with Gasteiger partial charge in [0, 0.05) is 12.1 Å². The summed E-state index contributed by atoms with van der Waals surface area (Å²) in [5, 5.41) is 19.1. The van der Waals surface area contributed by atoms with E-state index in [-0.39, 0.29) is 12.1 Å². The summed E-state index contributed by atoms with van der Waals surface area (Å²) in [5.74, 6) is -0.980. The third-order valence-electron chi connectivity index (χ3n) is 1.87. The maximum atomic E-state index is 10.6. The number of non-ortho nitro benzene ring substituents is 1. The van der Waals surface area contributed by atoms with Crippen LogP contribution in [-0.4, -0.2) is 16.0 Å². The van der Waals surface area contributed by atoms with Crippen LogP contribution in [0.25, 0.3) is 0 Å². The summed E-state index contributed by atoms with van der Waals surface area (Å²) in [5.41, 5.74) is 0.579. The molecule has 0 spiro atoms. The van der Waals surface area contributed by atoms with Crippen molar-refractivity contribution in [2.24, 2.45) is 0 Å². The van der Waals surface area contributed by atoms with Crippen LogP contribution in [-0.2, 0) is 8.03 Å². The Morgan fingerprint density at radius 2 is 1.88 bits per heavy atom. The van der Waals surface area contributed by atoms with Crippen LogP contribution in [0.5, 0.6) is 0 Å². The fraction of sp³-hybridized carbons (Fsp3) is 0.222. The first kappa shape index (κ1) is 13.1. The van der Waals surface area contributed by atoms with Gasteiger partial charge in [-0.2, -0.15) is 0 Å². The van der Waals surface area contributed by atoms with Gasteiger partial charge in [0.2, 0.25) is 0 Å². The van der Waals surface area contributed by atoms with Gasteiger partial charge in [0.25, 0.3) is 5.69 Å². The molecule has 7 heteroatoms. The van der Waals surface area contributed by atoms with Gasteiger partial charge >= 0.3 is 5.97 Å². The summed E-state index contributed by atoms with van der Waals surface area (Å²) in [4.78, 5) is 20.5. The van der Waals surface area contributed by atoms with Crippen molar-refractivity contribution in [2.75, 3.05) is 0 Å². The third-order valence-corrected chi connectivity index (χ3v) is 3.35. The molecule has 0 aliphatic rings. The third kappa shape index (κ3) is 3.28. The Bertz CT molecular complexity index is 416. The van der Waals surface area contributed by atoms with Crippen LogP contribution in [0.3, 0.4) is 0 Å². The molecular formula is C9H7Br2NO4. The number of nitro benzene ring substituents is 1. The average molecular weight is 353 g/mol. The van der Waals surface area contributed by atoms with E-state index in [1.807, 2.05) is 0 Å². The van der Waals surface area contributed by atoms with Crippen LogP contribution < -0.4 is 0 Å². The van der Waals surface area contributed by atoms with Gasteiger partial charge in [-0.05, 0) is 17.7 Å². The number of carboxylic acid groups (broad SMARTS) is 1. The van der Waals surface area contributed by atoms with Gasteiger partial charge in [-0.25, -0.2) is 0 Å². The lowest BCUT2D eigenvalue weighted by molar-refractivity contribution is -0.384. The second-order valence-electron chi connectivity index (χ2n) is 3.08. The zero-order valence-electron chi connectivity index (χ0n) is 7.89. The second-order valence-corrected chi connectivity index (χ2v) is 6.85. The minimum absolute atomic E-state index is 0.0325. The number of benzene rings is 1. The topological polar surface area (TPSA) is 80.4 Å². The first-order valence-corrected chi connectivity index (χ1v) is 5.76. The van der Waals surface area contributed by atoms with Crippen LogP contribution in [0.1, 0.15) is 12.0 Å². The molecule has 0 saturated carbocycles. The number of nitro groups is 1. The SMILES string of the molecule is O=C(O)CC(Br)(Br)c1ccc([N+](=O)[O-])cc1. The van der Waals surface area contributed by atoms with Gasteiger partial charge in [0.1, 0.15) is 3.23 Å². The zero-order valence-corrected chi connectivity index (χ0v) is 11.1. The molecule has 16 heavy (non-hydrogen) atoms. The van der Waals surface area contributed by atoms with E-state index in [1.165, 1.54) is 24.3 Å². The Hall–Kier alpha value is -0.950. The lowest BCUT2D eigenvalue weighted by Crippen LogP contribution is -2.14. The standard InChI is InChI=1S/C9H7Br2NO4/c10-9(11,5-8(13)14)6-1-3-7(4-2-6)12(15)16/h1-4H,5H2,(H,13,14). The highest BCUT2D eigenvalue weighted by Crippen LogP contribution is 2.41. The van der Waals surface area contributed by atoms with Gasteiger partial charge in [0.05, 0.1) is 11.3 Å². The molecule has 1 aromatic carbocycles. The average Bonchev–Trinajstić information content (AvgIpc) is 2.16. The Kier molecular flexibility index (Phi) is 4.03. The molecule has 0 fully saturated rings. The molecule has 0 aromatic heterocycles. The fourth-order valence-corrected chi connectivity index (χ4v) is 2.13. The number of halogens is 2. The van der Waals surface area contributed by atoms with Gasteiger partial charge in [0.15, 0.2) is 0 Å². The van der Waals surface area contributed by atoms with E-state index >= 15 is 0 Å². The summed E-state index contributed by atoms with van der Waals surface area (Å²) < 4.78 is -0.902. The molecule has 0 saturated heterocycles. The maximum absolute atomic E-state index is 10.6. The molecular weight excluding hydrogens is 346 g/mol. The van der Waals surface area contributed by atoms with Crippen molar-refractivity contribution in [1.82, 2.24) is 0 Å². The molecule has 0 bridgehead atoms. The van der Waals surface area contributed by atoms with E-state index in [0.717, 1.165) is 0 Å². The number of carbonyl (C=O) groups is 1. The number of nitrogens with zero attached hydrogens (tertiary/aromatic N) is 1. The molecule has 0 heterocycles. The fourth-order valence-electron chi connectivity index (χ4n) is 1.12. The normalized spacial score (nSPS) is 11.1. The van der Waals surface area contributed by atoms with Crippen LogP contribution in [0.2, 0.25) is 0 Å². The summed E-state index contributed by atoms with van der Waals surface area (Å²) in [6.07, 6.45) is -0.176. The van der Waals surface area contributed by atoms with E-state index in [1.54, 1.807) is 0 Å². The summed E-state index contributed by atoms with van der Waals surface area (Å²) in [7, 11) is 0. The van der Waals surface area contributed by atoms with Crippen molar-refractivity contribution in [2.45, 2.75) is 9.65 Å². The van der Waals surface area contributed by atoms with Crippen molar-refractivity contribution in [1.29, 1.82) is 0 Å². The molecule has 1 N–H and O–H groups in total. The minimum Gasteiger partial charge on any atom is -0.481 e. The molecule has 86 valence electrons. The van der Waals surface area contributed by atoms with Gasteiger partial charge in [-0.15, -0.1) is 0 Å². The molecule has 0 unspecified atom stereocenters. The van der Waals surface area contributed by atoms with Crippen molar-refractivity contribution in [3.05, 3.63) is 39.9 Å². The number of aliphatic carboxylic acids is 1. The number of rotatable bonds is 4. The van der Waals surface area contributed by atoms with Crippen molar-refractivity contribution >= 4 is 43.5 Å². The predicted molar refractivity (Wildman–Crippen MR) is 64.9 cm³/mol. The second kappa shape index (κ2) is 4.92. The quantitative estimate of drug-likeness (QED) is 0.513. The molecule has 0 radical (unpaired) electrons. The van der Waals surface area contributed by atoms with E-state index in [2.05, 4.69) is 31.9 Å². The highest BCUT2D eigenvalue weighted by Gasteiger charge is 2.28. The Balaban J connectivity index is 2.96. The molecule has 5 nitrogen and oxygen atoms in total. The van der Waals surface area contributed by atoms with Crippen LogP contribution in [0, 0.1) is 10.1 Å². The first-order valence-electron chi connectivity index (χ1n) is 4.17. The largest absolute Gasteiger partial charge is 0.481 e. The lowest BCUT2D eigenvalue weighted by Gasteiger charge is -2.18. The molecule has 0 aliphatic heterocycles. The molecule has 1 aromatic rings. The summed E-state index contributed by atoms with van der Waals surface area (Å²) >= 11 is 6.44. The Labute approximate surface area is 108 Å².